The molecule has 1 saturated heterocycles. The highest BCUT2D eigenvalue weighted by molar-refractivity contribution is 7.92. The van der Waals surface area contributed by atoms with E-state index in [1.165, 1.54) is 38.1 Å². The summed E-state index contributed by atoms with van der Waals surface area (Å²) in [4.78, 5) is 38.6. The maximum absolute atomic E-state index is 16.0. The van der Waals surface area contributed by atoms with Crippen molar-refractivity contribution in [3.8, 4) is 22.7 Å². The molecule has 0 spiro atoms. The molecule has 5 rings (SSSR count). The molecule has 0 bridgehead atoms. The van der Waals surface area contributed by atoms with Crippen LogP contribution < -0.4 is 10.6 Å². The molecule has 236 valence electrons. The molecule has 2 aromatic carbocycles. The Morgan fingerprint density at radius 3 is 2.44 bits per heavy atom. The van der Waals surface area contributed by atoms with Gasteiger partial charge in [-0.25, -0.2) is 31.5 Å². The first-order valence-electron chi connectivity index (χ1n) is 14.2. The highest BCUT2D eigenvalue weighted by Gasteiger charge is 2.38. The predicted molar refractivity (Wildman–Crippen MR) is 172 cm³/mol. The molecular weight excluding hydrogens is 621 g/mol. The third-order valence-electron chi connectivity index (χ3n) is 8.03. The van der Waals surface area contributed by atoms with Crippen molar-refractivity contribution in [3.05, 3.63) is 82.8 Å². The molecular formula is C31H33F2N5O5SSi. The number of hydrogen-bond acceptors (Lipinski definition) is 8. The standard InChI is InChI=1S/C31H33F2N5O5SSi/c1-6-24(40)36-13-14-37(31(5,45)16-36)28-19-15-21(33)26(25-20(32)10-8-11-22(25)39)34-29(19)38(30(41)35-28)27-18(4)9-7-12-23(27)44(42,43)17(2)3/h6-12,15,17,39H,1,13-14,16H2,2-5,45H3/t31-/m0/s1. The van der Waals surface area contributed by atoms with Gasteiger partial charge in [0.25, 0.3) is 0 Å². The predicted octanol–water partition coefficient (Wildman–Crippen LogP) is 2.84. The zero-order chi connectivity index (χ0) is 33.0. The minimum Gasteiger partial charge on any atom is -0.507 e. The third-order valence-corrected chi connectivity index (χ3v) is 11.1. The van der Waals surface area contributed by atoms with Crippen LogP contribution in [0.15, 0.2) is 64.8 Å². The molecule has 4 aromatic rings. The number of benzene rings is 2. The molecule has 1 atom stereocenters. The third kappa shape index (κ3) is 5.41. The Bertz CT molecular complexity index is 2030. The van der Waals surface area contributed by atoms with Crippen LogP contribution in [0.25, 0.3) is 28.0 Å². The lowest BCUT2D eigenvalue weighted by Crippen LogP contribution is -2.63. The van der Waals surface area contributed by atoms with E-state index < -0.39 is 54.6 Å². The lowest BCUT2D eigenvalue weighted by molar-refractivity contribution is -0.127. The topological polar surface area (TPSA) is 126 Å². The summed E-state index contributed by atoms with van der Waals surface area (Å²) in [6, 6.07) is 9.09. The number of phenolic OH excluding ortho intramolecular Hbond substituents is 1. The van der Waals surface area contributed by atoms with Crippen molar-refractivity contribution < 1.29 is 27.1 Å². The number of aryl methyl sites for hydroxylation is 1. The van der Waals surface area contributed by atoms with E-state index in [-0.39, 0.29) is 46.4 Å². The molecule has 45 heavy (non-hydrogen) atoms. The summed E-state index contributed by atoms with van der Waals surface area (Å²) < 4.78 is 59.1. The van der Waals surface area contributed by atoms with Crippen LogP contribution in [0, 0.1) is 18.6 Å². The Kier molecular flexibility index (Phi) is 8.16. The van der Waals surface area contributed by atoms with Gasteiger partial charge < -0.3 is 14.9 Å². The van der Waals surface area contributed by atoms with Crippen molar-refractivity contribution in [1.29, 1.82) is 0 Å². The molecule has 14 heteroatoms. The van der Waals surface area contributed by atoms with Gasteiger partial charge in [0.1, 0.15) is 23.1 Å². The second kappa shape index (κ2) is 11.5. The van der Waals surface area contributed by atoms with E-state index in [1.54, 1.807) is 24.0 Å². The number of aromatic hydroxyl groups is 1. The number of piperazine rings is 1. The molecule has 1 aliphatic rings. The smallest absolute Gasteiger partial charge is 0.355 e. The Morgan fingerprint density at radius 2 is 1.82 bits per heavy atom. The quantitative estimate of drug-likeness (QED) is 0.249. The Balaban J connectivity index is 1.90. The molecule has 0 saturated carbocycles. The largest absolute Gasteiger partial charge is 0.507 e. The van der Waals surface area contributed by atoms with E-state index in [4.69, 9.17) is 0 Å². The minimum absolute atomic E-state index is 0.0157. The number of aromatic nitrogens is 3. The SMILES string of the molecule is C=CC(=O)N1CCN(c2nc(=O)n(-c3c(C)cccc3S(=O)(=O)C(C)C)c3nc(-c4c(O)cccc4F)c(F)cc23)[C@@](C)([SiH3])C1. The summed E-state index contributed by atoms with van der Waals surface area (Å²) in [7, 11) is -3.46. The molecule has 1 amide bonds. The zero-order valence-electron chi connectivity index (χ0n) is 25.5. The normalized spacial score (nSPS) is 17.3. The summed E-state index contributed by atoms with van der Waals surface area (Å²) in [5.41, 5.74) is -1.77. The van der Waals surface area contributed by atoms with Gasteiger partial charge in [0.05, 0.1) is 26.8 Å². The second-order valence-corrected chi connectivity index (χ2v) is 16.4. The number of halogens is 2. The van der Waals surface area contributed by atoms with Gasteiger partial charge in [-0.05, 0) is 63.6 Å². The number of sulfone groups is 1. The number of hydrogen-bond donors (Lipinski definition) is 1. The molecule has 1 aliphatic heterocycles. The average Bonchev–Trinajstić information content (AvgIpc) is 2.96. The lowest BCUT2D eigenvalue weighted by Gasteiger charge is -2.48. The highest BCUT2D eigenvalue weighted by atomic mass is 32.2. The van der Waals surface area contributed by atoms with Gasteiger partial charge in [-0.2, -0.15) is 4.98 Å². The van der Waals surface area contributed by atoms with Gasteiger partial charge in [-0.3, -0.25) is 4.79 Å². The number of pyridine rings is 1. The summed E-state index contributed by atoms with van der Waals surface area (Å²) in [6.07, 6.45) is 1.23. The van der Waals surface area contributed by atoms with E-state index in [0.717, 1.165) is 16.7 Å². The molecule has 1 N–H and O–H groups in total. The fraction of sp³-hybridized carbons (Fsp3) is 0.290. The number of carbonyl (C=O) groups is 1. The van der Waals surface area contributed by atoms with E-state index >= 15 is 8.78 Å². The van der Waals surface area contributed by atoms with Crippen molar-refractivity contribution >= 4 is 42.8 Å². The number of anilines is 1. The molecule has 3 heterocycles. The number of amides is 1. The first-order chi connectivity index (χ1) is 21.1. The van der Waals surface area contributed by atoms with Crippen molar-refractivity contribution in [3.63, 3.8) is 0 Å². The second-order valence-electron chi connectivity index (χ2n) is 11.8. The van der Waals surface area contributed by atoms with E-state index in [2.05, 4.69) is 16.5 Å². The summed E-state index contributed by atoms with van der Waals surface area (Å²) in [5, 5.41) is 9.06. The Morgan fingerprint density at radius 1 is 1.13 bits per heavy atom. The van der Waals surface area contributed by atoms with Gasteiger partial charge in [-0.15, -0.1) is 0 Å². The van der Waals surface area contributed by atoms with E-state index in [0.29, 0.717) is 22.4 Å². The van der Waals surface area contributed by atoms with Gasteiger partial charge >= 0.3 is 5.69 Å². The monoisotopic (exact) mass is 653 g/mol. The fourth-order valence-corrected chi connectivity index (χ4v) is 7.82. The highest BCUT2D eigenvalue weighted by Crippen LogP contribution is 2.38. The first kappa shape index (κ1) is 32.0. The zero-order valence-corrected chi connectivity index (χ0v) is 28.3. The van der Waals surface area contributed by atoms with Crippen molar-refractivity contribution in [2.75, 3.05) is 24.5 Å². The fourth-order valence-electron chi connectivity index (χ4n) is 5.70. The maximum atomic E-state index is 16.0. The van der Waals surface area contributed by atoms with Crippen LogP contribution in [0.2, 0.25) is 0 Å². The van der Waals surface area contributed by atoms with Crippen LogP contribution in [-0.2, 0) is 14.6 Å². The van der Waals surface area contributed by atoms with Crippen molar-refractivity contribution in [2.24, 2.45) is 0 Å². The Hall–Kier alpha value is -4.43. The van der Waals surface area contributed by atoms with Crippen LogP contribution in [0.4, 0.5) is 14.6 Å². The van der Waals surface area contributed by atoms with Crippen LogP contribution in [0.1, 0.15) is 26.3 Å². The molecule has 0 aliphatic carbocycles. The first-order valence-corrected chi connectivity index (χ1v) is 16.8. The van der Waals surface area contributed by atoms with Crippen LogP contribution >= 0.6 is 0 Å². The van der Waals surface area contributed by atoms with Crippen molar-refractivity contribution in [2.45, 2.75) is 43.0 Å². The maximum Gasteiger partial charge on any atom is 0.355 e. The Labute approximate surface area is 262 Å². The average molecular weight is 654 g/mol. The van der Waals surface area contributed by atoms with Gasteiger partial charge in [0.15, 0.2) is 21.3 Å². The number of carbonyl (C=O) groups excluding carboxylic acids is 1. The molecule has 1 fully saturated rings. The molecule has 10 nitrogen and oxygen atoms in total. The van der Waals surface area contributed by atoms with Crippen LogP contribution in [-0.4, -0.2) is 79.2 Å². The number of rotatable bonds is 6. The van der Waals surface area contributed by atoms with E-state index in [9.17, 15) is 23.1 Å². The van der Waals surface area contributed by atoms with Crippen LogP contribution in [0.3, 0.4) is 0 Å². The number of fused-ring (bicyclic) bond motifs is 1. The van der Waals surface area contributed by atoms with E-state index in [1.807, 2.05) is 11.8 Å². The molecule has 2 aromatic heterocycles. The summed E-state index contributed by atoms with van der Waals surface area (Å²) in [6.45, 7) is 10.9. The van der Waals surface area contributed by atoms with Gasteiger partial charge in [0, 0.05) is 35.0 Å². The summed E-state index contributed by atoms with van der Waals surface area (Å²) >= 11 is 0. The summed E-state index contributed by atoms with van der Waals surface area (Å²) in [5.74, 6) is -2.67. The number of nitrogens with zero attached hydrogens (tertiary/aromatic N) is 5. The minimum atomic E-state index is -3.95. The number of para-hydroxylation sites is 1. The molecule has 0 radical (unpaired) electrons. The van der Waals surface area contributed by atoms with Gasteiger partial charge in [0.2, 0.25) is 5.91 Å². The lowest BCUT2D eigenvalue weighted by atomic mass is 10.1. The molecule has 0 unspecified atom stereocenters. The van der Waals surface area contributed by atoms with Gasteiger partial charge in [-0.1, -0.05) is 24.8 Å². The number of phenols is 1. The van der Waals surface area contributed by atoms with Crippen molar-refractivity contribution in [1.82, 2.24) is 19.4 Å². The van der Waals surface area contributed by atoms with Crippen LogP contribution in [0.5, 0.6) is 5.75 Å².